The molecule has 0 N–H and O–H groups in total. The second-order valence-corrected chi connectivity index (χ2v) is 10.7. The minimum Gasteiger partial charge on any atom is -0.490 e. The number of nitrogens with zero attached hydrogens (tertiary/aromatic N) is 2. The third kappa shape index (κ3) is 6.80. The molecular weight excluding hydrogens is 607 g/mol. The minimum absolute atomic E-state index is 0.192. The summed E-state index contributed by atoms with van der Waals surface area (Å²) < 4.78 is 17.6. The average Bonchev–Trinajstić information content (AvgIpc) is 3.13. The van der Waals surface area contributed by atoms with E-state index >= 15 is 0 Å². The Morgan fingerprint density at radius 2 is 1.86 bits per heavy atom. The van der Waals surface area contributed by atoms with Crippen LogP contribution in [0, 0.1) is 0 Å². The summed E-state index contributed by atoms with van der Waals surface area (Å²) in [7, 11) is 0. The lowest BCUT2D eigenvalue weighted by Gasteiger charge is -2.28. The van der Waals surface area contributed by atoms with Crippen molar-refractivity contribution in [1.82, 2.24) is 9.80 Å². The van der Waals surface area contributed by atoms with Crippen molar-refractivity contribution in [2.45, 2.75) is 13.5 Å². The van der Waals surface area contributed by atoms with Gasteiger partial charge in [0.15, 0.2) is 11.5 Å². The van der Waals surface area contributed by atoms with Crippen LogP contribution in [0.1, 0.15) is 18.1 Å². The lowest BCUT2D eigenvalue weighted by molar-refractivity contribution is -0.139. The van der Waals surface area contributed by atoms with Gasteiger partial charge in [-0.15, -0.1) is 0 Å². The van der Waals surface area contributed by atoms with Gasteiger partial charge in [0.25, 0.3) is 11.1 Å². The van der Waals surface area contributed by atoms with E-state index in [0.29, 0.717) is 64.5 Å². The van der Waals surface area contributed by atoms with Gasteiger partial charge >= 0.3 is 0 Å². The van der Waals surface area contributed by atoms with Gasteiger partial charge in [0.1, 0.15) is 13.2 Å². The molecule has 0 radical (unpaired) electrons. The molecule has 0 aromatic heterocycles. The SMILES string of the molecule is CCOc1cc(/C=C2/SC(=O)N(CC(=O)N3CCOCC3)C2=O)c(Br)cc1OCc1ccc(Cl)cc1Cl. The maximum atomic E-state index is 13.0. The second kappa shape index (κ2) is 12.5. The van der Waals surface area contributed by atoms with Gasteiger partial charge in [-0.2, -0.15) is 0 Å². The average molecular weight is 630 g/mol. The fourth-order valence-electron chi connectivity index (χ4n) is 3.66. The first kappa shape index (κ1) is 27.8. The second-order valence-electron chi connectivity index (χ2n) is 8.04. The third-order valence-corrected chi connectivity index (χ3v) is 7.76. The zero-order valence-electron chi connectivity index (χ0n) is 19.8. The van der Waals surface area contributed by atoms with E-state index in [9.17, 15) is 14.4 Å². The summed E-state index contributed by atoms with van der Waals surface area (Å²) in [5.41, 5.74) is 1.37. The molecule has 2 aliphatic rings. The van der Waals surface area contributed by atoms with E-state index in [-0.39, 0.29) is 24.0 Å². The number of hydrogen-bond acceptors (Lipinski definition) is 7. The number of carbonyl (C=O) groups excluding carboxylic acids is 3. The normalized spacial score (nSPS) is 17.0. The van der Waals surface area contributed by atoms with Crippen LogP contribution in [0.5, 0.6) is 11.5 Å². The van der Waals surface area contributed by atoms with Crippen LogP contribution >= 0.6 is 50.9 Å². The Hall–Kier alpha value is -2.24. The predicted molar refractivity (Wildman–Crippen MR) is 146 cm³/mol. The van der Waals surface area contributed by atoms with E-state index in [1.807, 2.05) is 6.92 Å². The molecule has 12 heteroatoms. The summed E-state index contributed by atoms with van der Waals surface area (Å²) in [4.78, 5) is 40.8. The van der Waals surface area contributed by atoms with Crippen LogP contribution in [0.15, 0.2) is 39.7 Å². The number of rotatable bonds is 8. The minimum atomic E-state index is -0.515. The van der Waals surface area contributed by atoms with Gasteiger partial charge in [-0.1, -0.05) is 45.2 Å². The van der Waals surface area contributed by atoms with Crippen LogP contribution in [0.25, 0.3) is 6.08 Å². The zero-order chi connectivity index (χ0) is 26.5. The Morgan fingerprint density at radius 1 is 1.14 bits per heavy atom. The van der Waals surface area contributed by atoms with E-state index < -0.39 is 11.1 Å². The molecule has 0 atom stereocenters. The van der Waals surface area contributed by atoms with Crippen molar-refractivity contribution >= 4 is 74.0 Å². The Balaban J connectivity index is 1.51. The number of hydrogen-bond donors (Lipinski definition) is 0. The van der Waals surface area contributed by atoms with Crippen molar-refractivity contribution in [2.75, 3.05) is 39.5 Å². The highest BCUT2D eigenvalue weighted by molar-refractivity contribution is 9.10. The number of amides is 3. The number of morpholine rings is 1. The number of benzene rings is 2. The Morgan fingerprint density at radius 3 is 2.57 bits per heavy atom. The number of halogens is 3. The Bertz CT molecular complexity index is 1250. The largest absolute Gasteiger partial charge is 0.490 e. The van der Waals surface area contributed by atoms with Gasteiger partial charge in [-0.05, 0) is 54.6 Å². The summed E-state index contributed by atoms with van der Waals surface area (Å²) >= 11 is 16.5. The first-order valence-electron chi connectivity index (χ1n) is 11.4. The molecule has 0 spiro atoms. The van der Waals surface area contributed by atoms with E-state index in [1.165, 1.54) is 0 Å². The van der Waals surface area contributed by atoms with Crippen molar-refractivity contribution in [3.05, 3.63) is 60.9 Å². The Labute approximate surface area is 236 Å². The van der Waals surface area contributed by atoms with Crippen molar-refractivity contribution < 1.29 is 28.6 Å². The molecule has 2 aliphatic heterocycles. The molecule has 2 heterocycles. The quantitative estimate of drug-likeness (QED) is 0.350. The van der Waals surface area contributed by atoms with Crippen LogP contribution in [0.3, 0.4) is 0 Å². The molecule has 0 aliphatic carbocycles. The number of carbonyl (C=O) groups is 3. The van der Waals surface area contributed by atoms with Gasteiger partial charge < -0.3 is 19.1 Å². The van der Waals surface area contributed by atoms with E-state index in [4.69, 9.17) is 37.4 Å². The maximum Gasteiger partial charge on any atom is 0.294 e. The van der Waals surface area contributed by atoms with Crippen LogP contribution in [0.4, 0.5) is 4.79 Å². The van der Waals surface area contributed by atoms with Crippen molar-refractivity contribution in [2.24, 2.45) is 0 Å². The number of ether oxygens (including phenoxy) is 3. The summed E-state index contributed by atoms with van der Waals surface area (Å²) in [6.07, 6.45) is 1.59. The maximum absolute atomic E-state index is 13.0. The van der Waals surface area contributed by atoms with E-state index in [1.54, 1.807) is 41.3 Å². The van der Waals surface area contributed by atoms with Crippen molar-refractivity contribution in [3.8, 4) is 11.5 Å². The molecule has 8 nitrogen and oxygen atoms in total. The summed E-state index contributed by atoms with van der Waals surface area (Å²) in [6.45, 7) is 3.89. The van der Waals surface area contributed by atoms with Crippen LogP contribution in [0.2, 0.25) is 10.0 Å². The standard InChI is InChI=1S/C25H23BrCl2N2O6S/c1-2-35-20-9-16(18(26)12-21(20)36-14-15-3-4-17(27)11-19(15)28)10-22-24(32)30(25(33)37-22)13-23(31)29-5-7-34-8-6-29/h3-4,9-12H,2,5-8,13-14H2,1H3/b22-10+. The highest BCUT2D eigenvalue weighted by atomic mass is 79.9. The fourth-order valence-corrected chi connectivity index (χ4v) is 5.39. The molecule has 2 saturated heterocycles. The topological polar surface area (TPSA) is 85.4 Å². The zero-order valence-corrected chi connectivity index (χ0v) is 23.7. The summed E-state index contributed by atoms with van der Waals surface area (Å²) in [6, 6.07) is 8.61. The van der Waals surface area contributed by atoms with Gasteiger partial charge in [0.2, 0.25) is 5.91 Å². The fraction of sp³-hybridized carbons (Fsp3) is 0.320. The molecule has 0 bridgehead atoms. The number of thioether (sulfide) groups is 1. The first-order valence-corrected chi connectivity index (χ1v) is 13.8. The molecule has 0 saturated carbocycles. The molecule has 3 amide bonds. The predicted octanol–water partition coefficient (Wildman–Crippen LogP) is 5.63. The monoisotopic (exact) mass is 628 g/mol. The lowest BCUT2D eigenvalue weighted by Crippen LogP contribution is -2.46. The molecule has 0 unspecified atom stereocenters. The van der Waals surface area contributed by atoms with Crippen LogP contribution < -0.4 is 9.47 Å². The highest BCUT2D eigenvalue weighted by Crippen LogP contribution is 2.38. The number of imide groups is 1. The van der Waals surface area contributed by atoms with E-state index in [2.05, 4.69) is 15.9 Å². The van der Waals surface area contributed by atoms with Gasteiger partial charge in [0, 0.05) is 33.2 Å². The van der Waals surface area contributed by atoms with Gasteiger partial charge in [0.05, 0.1) is 24.7 Å². The van der Waals surface area contributed by atoms with Crippen molar-refractivity contribution in [1.29, 1.82) is 0 Å². The van der Waals surface area contributed by atoms with Gasteiger partial charge in [-0.3, -0.25) is 19.3 Å². The smallest absolute Gasteiger partial charge is 0.294 e. The van der Waals surface area contributed by atoms with E-state index in [0.717, 1.165) is 22.2 Å². The molecule has 4 rings (SSSR count). The molecule has 196 valence electrons. The van der Waals surface area contributed by atoms with Crippen molar-refractivity contribution in [3.63, 3.8) is 0 Å². The molecule has 2 fully saturated rings. The van der Waals surface area contributed by atoms with Crippen LogP contribution in [-0.4, -0.2) is 66.3 Å². The highest BCUT2D eigenvalue weighted by Gasteiger charge is 2.37. The lowest BCUT2D eigenvalue weighted by atomic mass is 10.1. The van der Waals surface area contributed by atoms with Gasteiger partial charge in [-0.25, -0.2) is 0 Å². The molecule has 2 aromatic carbocycles. The molecule has 37 heavy (non-hydrogen) atoms. The first-order chi connectivity index (χ1) is 17.8. The summed E-state index contributed by atoms with van der Waals surface area (Å²) in [5.74, 6) is 0.137. The van der Waals surface area contributed by atoms with Crippen LogP contribution in [-0.2, 0) is 20.9 Å². The molecule has 2 aromatic rings. The third-order valence-electron chi connectivity index (χ3n) is 5.58. The summed E-state index contributed by atoms with van der Waals surface area (Å²) in [5, 5.41) is 0.536. The molecular formula is C25H23BrCl2N2O6S. The Kier molecular flexibility index (Phi) is 9.41.